The number of nitrogens with one attached hydrogen (secondary N) is 1. The van der Waals surface area contributed by atoms with Crippen LogP contribution in [0.2, 0.25) is 0 Å². The Kier molecular flexibility index (Phi) is 8.69. The van der Waals surface area contributed by atoms with Crippen molar-refractivity contribution in [1.29, 1.82) is 0 Å². The van der Waals surface area contributed by atoms with Crippen LogP contribution in [0.5, 0.6) is 5.75 Å². The maximum absolute atomic E-state index is 12.4. The summed E-state index contributed by atoms with van der Waals surface area (Å²) in [5, 5.41) is 2.40. The lowest BCUT2D eigenvalue weighted by Gasteiger charge is -2.26. The van der Waals surface area contributed by atoms with E-state index in [-0.39, 0.29) is 31.7 Å². The first-order valence-electron chi connectivity index (χ1n) is 9.39. The predicted molar refractivity (Wildman–Crippen MR) is 108 cm³/mol. The van der Waals surface area contributed by atoms with Gasteiger partial charge in [-0.3, -0.25) is 14.4 Å². The molecule has 2 aromatic rings. The molecule has 0 saturated heterocycles. The molecule has 2 rings (SSSR count). The number of carbonyl (C=O) groups is 3. The van der Waals surface area contributed by atoms with Crippen molar-refractivity contribution in [3.05, 3.63) is 66.2 Å². The van der Waals surface area contributed by atoms with Crippen molar-refractivity contribution in [3.63, 3.8) is 0 Å². The molecule has 0 radical (unpaired) electrons. The molecule has 0 aliphatic heterocycles. The summed E-state index contributed by atoms with van der Waals surface area (Å²) in [6.45, 7) is 3.31. The SMILES string of the molecule is CC(C)N(Cc1ccccc1)C(=O)COC(=O)CNC(=O)COc1ccccc1. The molecule has 0 saturated carbocycles. The number of amides is 2. The summed E-state index contributed by atoms with van der Waals surface area (Å²) in [5.74, 6) is -0.876. The predicted octanol–water partition coefficient (Wildman–Crippen LogP) is 2.16. The second-order valence-corrected chi connectivity index (χ2v) is 6.64. The molecule has 0 atom stereocenters. The average Bonchev–Trinajstić information content (AvgIpc) is 2.74. The summed E-state index contributed by atoms with van der Waals surface area (Å²) in [6.07, 6.45) is 0. The Labute approximate surface area is 170 Å². The zero-order valence-electron chi connectivity index (χ0n) is 16.7. The molecular weight excluding hydrogens is 372 g/mol. The third-order valence-electron chi connectivity index (χ3n) is 4.04. The Morgan fingerprint density at radius 2 is 1.55 bits per heavy atom. The number of para-hydroxylation sites is 1. The molecular formula is C22H26N2O5. The number of benzene rings is 2. The second-order valence-electron chi connectivity index (χ2n) is 6.64. The molecule has 0 aliphatic carbocycles. The highest BCUT2D eigenvalue weighted by atomic mass is 16.5. The number of ether oxygens (including phenoxy) is 2. The number of carbonyl (C=O) groups excluding carboxylic acids is 3. The third-order valence-corrected chi connectivity index (χ3v) is 4.04. The second kappa shape index (κ2) is 11.5. The summed E-state index contributed by atoms with van der Waals surface area (Å²) in [6, 6.07) is 18.4. The first kappa shape index (κ1) is 21.9. The molecule has 0 aliphatic rings. The van der Waals surface area contributed by atoms with Crippen molar-refractivity contribution in [2.45, 2.75) is 26.4 Å². The van der Waals surface area contributed by atoms with E-state index in [1.54, 1.807) is 29.2 Å². The summed E-state index contributed by atoms with van der Waals surface area (Å²) in [4.78, 5) is 37.6. The molecule has 7 nitrogen and oxygen atoms in total. The van der Waals surface area contributed by atoms with Crippen molar-refractivity contribution < 1.29 is 23.9 Å². The van der Waals surface area contributed by atoms with Crippen LogP contribution in [0.3, 0.4) is 0 Å². The van der Waals surface area contributed by atoms with E-state index in [1.165, 1.54) is 0 Å². The minimum atomic E-state index is -0.685. The van der Waals surface area contributed by atoms with Crippen LogP contribution in [0.4, 0.5) is 0 Å². The van der Waals surface area contributed by atoms with Crippen LogP contribution in [0.25, 0.3) is 0 Å². The highest BCUT2D eigenvalue weighted by Gasteiger charge is 2.19. The lowest BCUT2D eigenvalue weighted by molar-refractivity contribution is -0.152. The molecule has 0 unspecified atom stereocenters. The van der Waals surface area contributed by atoms with Crippen LogP contribution >= 0.6 is 0 Å². The zero-order chi connectivity index (χ0) is 21.1. The van der Waals surface area contributed by atoms with Gasteiger partial charge in [0.1, 0.15) is 12.3 Å². The first-order valence-corrected chi connectivity index (χ1v) is 9.39. The number of nitrogens with zero attached hydrogens (tertiary/aromatic N) is 1. The maximum Gasteiger partial charge on any atom is 0.325 e. The van der Waals surface area contributed by atoms with Gasteiger partial charge < -0.3 is 19.7 Å². The van der Waals surface area contributed by atoms with Crippen LogP contribution in [0.15, 0.2) is 60.7 Å². The van der Waals surface area contributed by atoms with Gasteiger partial charge in [0.25, 0.3) is 11.8 Å². The molecule has 7 heteroatoms. The van der Waals surface area contributed by atoms with Gasteiger partial charge in [-0.25, -0.2) is 0 Å². The van der Waals surface area contributed by atoms with Crippen molar-refractivity contribution in [2.75, 3.05) is 19.8 Å². The van der Waals surface area contributed by atoms with Gasteiger partial charge in [-0.05, 0) is 31.5 Å². The molecule has 1 N–H and O–H groups in total. The average molecular weight is 398 g/mol. The van der Waals surface area contributed by atoms with E-state index in [4.69, 9.17) is 9.47 Å². The molecule has 154 valence electrons. The van der Waals surface area contributed by atoms with Gasteiger partial charge in [-0.1, -0.05) is 48.5 Å². The molecule has 2 amide bonds. The first-order chi connectivity index (χ1) is 14.0. The van der Waals surface area contributed by atoms with Crippen LogP contribution in [-0.2, 0) is 25.7 Å². The van der Waals surface area contributed by atoms with Crippen LogP contribution in [0.1, 0.15) is 19.4 Å². The molecule has 2 aromatic carbocycles. The van der Waals surface area contributed by atoms with E-state index in [1.807, 2.05) is 50.2 Å². The monoisotopic (exact) mass is 398 g/mol. The summed E-state index contributed by atoms with van der Waals surface area (Å²) in [7, 11) is 0. The summed E-state index contributed by atoms with van der Waals surface area (Å²) in [5.41, 5.74) is 0.992. The van der Waals surface area contributed by atoms with E-state index >= 15 is 0 Å². The fraction of sp³-hybridized carbons (Fsp3) is 0.318. The molecule has 0 heterocycles. The van der Waals surface area contributed by atoms with E-state index in [2.05, 4.69) is 5.32 Å². The van der Waals surface area contributed by atoms with Crippen molar-refractivity contribution >= 4 is 17.8 Å². The molecule has 0 fully saturated rings. The van der Waals surface area contributed by atoms with E-state index < -0.39 is 11.9 Å². The van der Waals surface area contributed by atoms with Crippen molar-refractivity contribution in [1.82, 2.24) is 10.2 Å². The molecule has 0 aromatic heterocycles. The normalized spacial score (nSPS) is 10.3. The Bertz CT molecular complexity index is 793. The van der Waals surface area contributed by atoms with Gasteiger partial charge in [0, 0.05) is 12.6 Å². The maximum atomic E-state index is 12.4. The summed E-state index contributed by atoms with van der Waals surface area (Å²) >= 11 is 0. The van der Waals surface area contributed by atoms with Crippen LogP contribution in [-0.4, -0.2) is 48.5 Å². The van der Waals surface area contributed by atoms with Gasteiger partial charge in [0.05, 0.1) is 0 Å². The lowest BCUT2D eigenvalue weighted by Crippen LogP contribution is -2.40. The minimum Gasteiger partial charge on any atom is -0.484 e. The van der Waals surface area contributed by atoms with E-state index in [0.29, 0.717) is 12.3 Å². The minimum absolute atomic E-state index is 0.0451. The van der Waals surface area contributed by atoms with Crippen LogP contribution < -0.4 is 10.1 Å². The van der Waals surface area contributed by atoms with Gasteiger partial charge >= 0.3 is 5.97 Å². The third kappa shape index (κ3) is 8.04. The Balaban J connectivity index is 1.71. The summed E-state index contributed by atoms with van der Waals surface area (Å²) < 4.78 is 10.3. The van der Waals surface area contributed by atoms with Crippen molar-refractivity contribution in [2.24, 2.45) is 0 Å². The Hall–Kier alpha value is -3.35. The van der Waals surface area contributed by atoms with Gasteiger partial charge in [-0.2, -0.15) is 0 Å². The number of hydrogen-bond acceptors (Lipinski definition) is 5. The number of esters is 1. The van der Waals surface area contributed by atoms with E-state index in [9.17, 15) is 14.4 Å². The number of rotatable bonds is 10. The van der Waals surface area contributed by atoms with E-state index in [0.717, 1.165) is 5.56 Å². The van der Waals surface area contributed by atoms with Crippen molar-refractivity contribution in [3.8, 4) is 5.75 Å². The Morgan fingerprint density at radius 3 is 2.17 bits per heavy atom. The topological polar surface area (TPSA) is 84.9 Å². The standard InChI is InChI=1S/C22H26N2O5/c1-17(2)24(14-18-9-5-3-6-10-18)21(26)16-29-22(27)13-23-20(25)15-28-19-11-7-4-8-12-19/h3-12,17H,13-16H2,1-2H3,(H,23,25). The molecule has 29 heavy (non-hydrogen) atoms. The smallest absolute Gasteiger partial charge is 0.325 e. The highest BCUT2D eigenvalue weighted by Crippen LogP contribution is 2.09. The van der Waals surface area contributed by atoms with Gasteiger partial charge in [0.15, 0.2) is 13.2 Å². The fourth-order valence-corrected chi connectivity index (χ4v) is 2.50. The van der Waals surface area contributed by atoms with Crippen LogP contribution in [0, 0.1) is 0 Å². The molecule has 0 spiro atoms. The highest BCUT2D eigenvalue weighted by molar-refractivity contribution is 5.84. The zero-order valence-corrected chi connectivity index (χ0v) is 16.7. The Morgan fingerprint density at radius 1 is 0.931 bits per heavy atom. The van der Waals surface area contributed by atoms with Gasteiger partial charge in [-0.15, -0.1) is 0 Å². The lowest BCUT2D eigenvalue weighted by atomic mass is 10.2. The molecule has 0 bridgehead atoms. The number of hydrogen-bond donors (Lipinski definition) is 1. The quantitative estimate of drug-likeness (QED) is 0.620. The fourth-order valence-electron chi connectivity index (χ4n) is 2.50. The van der Waals surface area contributed by atoms with Gasteiger partial charge in [0.2, 0.25) is 0 Å². The largest absolute Gasteiger partial charge is 0.484 e.